The van der Waals surface area contributed by atoms with E-state index in [4.69, 9.17) is 5.73 Å². The van der Waals surface area contributed by atoms with Gasteiger partial charge in [-0.2, -0.15) is 0 Å². The van der Waals surface area contributed by atoms with Gasteiger partial charge in [-0.3, -0.25) is 4.79 Å². The molecular weight excluding hydrogens is 243 g/mol. The molecule has 0 radical (unpaired) electrons. The van der Waals surface area contributed by atoms with Gasteiger partial charge < -0.3 is 10.7 Å². The van der Waals surface area contributed by atoms with E-state index in [-0.39, 0.29) is 17.0 Å². The summed E-state index contributed by atoms with van der Waals surface area (Å²) in [5, 5.41) is 0.802. The van der Waals surface area contributed by atoms with E-state index in [1.165, 1.54) is 18.2 Å². The Bertz CT molecular complexity index is 777. The van der Waals surface area contributed by atoms with E-state index < -0.39 is 5.82 Å². The summed E-state index contributed by atoms with van der Waals surface area (Å²) in [6.45, 7) is 0. The molecule has 19 heavy (non-hydrogen) atoms. The Labute approximate surface area is 108 Å². The summed E-state index contributed by atoms with van der Waals surface area (Å²) >= 11 is 0. The molecule has 0 unspecified atom stereocenters. The van der Waals surface area contributed by atoms with Gasteiger partial charge in [-0.15, -0.1) is 0 Å². The number of rotatable bonds is 2. The van der Waals surface area contributed by atoms with Gasteiger partial charge in [0.15, 0.2) is 5.78 Å². The summed E-state index contributed by atoms with van der Waals surface area (Å²) in [5.41, 5.74) is 7.56. The number of aromatic amines is 1. The average molecular weight is 254 g/mol. The summed E-state index contributed by atoms with van der Waals surface area (Å²) in [5.74, 6) is -0.758. The SMILES string of the molecule is Nc1ccc(F)cc1C(=O)c1c[nH]c2ccccc12. The molecule has 0 bridgehead atoms. The number of carbonyl (C=O) groups is 1. The third-order valence-electron chi connectivity index (χ3n) is 3.09. The molecule has 0 aliphatic carbocycles. The first-order valence-corrected chi connectivity index (χ1v) is 5.82. The second kappa shape index (κ2) is 4.24. The van der Waals surface area contributed by atoms with Crippen LogP contribution in [0.3, 0.4) is 0 Å². The molecule has 0 fully saturated rings. The van der Waals surface area contributed by atoms with E-state index in [9.17, 15) is 9.18 Å². The third kappa shape index (κ3) is 1.87. The molecule has 3 N–H and O–H groups in total. The highest BCUT2D eigenvalue weighted by Gasteiger charge is 2.16. The van der Waals surface area contributed by atoms with Gasteiger partial charge in [-0.05, 0) is 24.3 Å². The molecule has 1 aromatic heterocycles. The molecule has 4 heteroatoms. The summed E-state index contributed by atoms with van der Waals surface area (Å²) in [4.78, 5) is 15.4. The van der Waals surface area contributed by atoms with Crippen molar-refractivity contribution in [2.45, 2.75) is 0 Å². The minimum absolute atomic E-state index is 0.185. The van der Waals surface area contributed by atoms with Crippen LogP contribution in [0.15, 0.2) is 48.7 Å². The number of halogens is 1. The fourth-order valence-corrected chi connectivity index (χ4v) is 2.13. The van der Waals surface area contributed by atoms with Crippen molar-refractivity contribution in [1.29, 1.82) is 0 Å². The molecule has 0 spiro atoms. The number of anilines is 1. The Kier molecular flexibility index (Phi) is 2.56. The maximum atomic E-state index is 13.2. The van der Waals surface area contributed by atoms with Crippen LogP contribution in [0.5, 0.6) is 0 Å². The summed E-state index contributed by atoms with van der Waals surface area (Å²) in [7, 11) is 0. The van der Waals surface area contributed by atoms with Crippen molar-refractivity contribution in [1.82, 2.24) is 4.98 Å². The lowest BCUT2D eigenvalue weighted by molar-refractivity contribution is 0.104. The molecule has 0 aliphatic rings. The highest BCUT2D eigenvalue weighted by molar-refractivity contribution is 6.18. The predicted octanol–water partition coefficient (Wildman–Crippen LogP) is 3.12. The Morgan fingerprint density at radius 3 is 2.74 bits per heavy atom. The van der Waals surface area contributed by atoms with Crippen LogP contribution in [-0.2, 0) is 0 Å². The lowest BCUT2D eigenvalue weighted by atomic mass is 10.0. The number of carbonyl (C=O) groups excluding carboxylic acids is 1. The van der Waals surface area contributed by atoms with Crippen LogP contribution in [0.25, 0.3) is 10.9 Å². The molecule has 94 valence electrons. The van der Waals surface area contributed by atoms with Crippen LogP contribution in [0.4, 0.5) is 10.1 Å². The van der Waals surface area contributed by atoms with Gasteiger partial charge in [0.25, 0.3) is 0 Å². The third-order valence-corrected chi connectivity index (χ3v) is 3.09. The van der Waals surface area contributed by atoms with E-state index in [0.717, 1.165) is 10.9 Å². The lowest BCUT2D eigenvalue weighted by Gasteiger charge is -2.04. The smallest absolute Gasteiger partial charge is 0.197 e. The van der Waals surface area contributed by atoms with E-state index in [1.807, 2.05) is 24.3 Å². The molecule has 0 atom stereocenters. The predicted molar refractivity (Wildman–Crippen MR) is 72.5 cm³/mol. The maximum Gasteiger partial charge on any atom is 0.197 e. The highest BCUT2D eigenvalue weighted by Crippen LogP contribution is 2.23. The Balaban J connectivity index is 2.16. The topological polar surface area (TPSA) is 58.9 Å². The van der Waals surface area contributed by atoms with Gasteiger partial charge in [0.1, 0.15) is 5.82 Å². The quantitative estimate of drug-likeness (QED) is 0.545. The average Bonchev–Trinajstić information content (AvgIpc) is 2.84. The number of fused-ring (bicyclic) bond motifs is 1. The zero-order valence-electron chi connectivity index (χ0n) is 9.98. The molecule has 0 saturated carbocycles. The summed E-state index contributed by atoms with van der Waals surface area (Å²) in [6.07, 6.45) is 1.62. The van der Waals surface area contributed by atoms with E-state index in [1.54, 1.807) is 6.20 Å². The van der Waals surface area contributed by atoms with Gasteiger partial charge in [0.2, 0.25) is 0 Å². The zero-order valence-corrected chi connectivity index (χ0v) is 9.98. The second-order valence-electron chi connectivity index (χ2n) is 4.31. The van der Waals surface area contributed by atoms with Gasteiger partial charge in [-0.1, -0.05) is 18.2 Å². The molecule has 3 nitrogen and oxygen atoms in total. The Morgan fingerprint density at radius 2 is 1.89 bits per heavy atom. The number of nitrogen functional groups attached to an aromatic ring is 1. The molecule has 2 aromatic carbocycles. The number of nitrogens with one attached hydrogen (secondary N) is 1. The van der Waals surface area contributed by atoms with Crippen LogP contribution in [0.1, 0.15) is 15.9 Å². The van der Waals surface area contributed by atoms with Gasteiger partial charge >= 0.3 is 0 Å². The molecule has 1 heterocycles. The minimum Gasteiger partial charge on any atom is -0.398 e. The molecule has 0 aliphatic heterocycles. The number of benzene rings is 2. The largest absolute Gasteiger partial charge is 0.398 e. The Morgan fingerprint density at radius 1 is 1.11 bits per heavy atom. The zero-order chi connectivity index (χ0) is 13.4. The Hall–Kier alpha value is -2.62. The standard InChI is InChI=1S/C15H11FN2O/c16-9-5-6-13(17)11(7-9)15(19)12-8-18-14-4-2-1-3-10(12)14/h1-8,18H,17H2. The number of hydrogen-bond donors (Lipinski definition) is 2. The number of nitrogens with two attached hydrogens (primary N) is 1. The van der Waals surface area contributed by atoms with E-state index in [2.05, 4.69) is 4.98 Å². The molecule has 3 rings (SSSR count). The lowest BCUT2D eigenvalue weighted by Crippen LogP contribution is -2.05. The minimum atomic E-state index is -0.475. The summed E-state index contributed by atoms with van der Waals surface area (Å²) in [6, 6.07) is 11.2. The molecule has 3 aromatic rings. The van der Waals surface area contributed by atoms with Crippen molar-refractivity contribution >= 4 is 22.4 Å². The van der Waals surface area contributed by atoms with Gasteiger partial charge in [-0.25, -0.2) is 4.39 Å². The van der Waals surface area contributed by atoms with Gasteiger partial charge in [0, 0.05) is 33.9 Å². The normalized spacial score (nSPS) is 10.8. The van der Waals surface area contributed by atoms with Gasteiger partial charge in [0.05, 0.1) is 0 Å². The second-order valence-corrected chi connectivity index (χ2v) is 4.31. The van der Waals surface area contributed by atoms with Crippen molar-refractivity contribution in [3.63, 3.8) is 0 Å². The number of hydrogen-bond acceptors (Lipinski definition) is 2. The van der Waals surface area contributed by atoms with Crippen molar-refractivity contribution in [3.8, 4) is 0 Å². The summed E-state index contributed by atoms with van der Waals surface area (Å²) < 4.78 is 13.2. The van der Waals surface area contributed by atoms with Crippen molar-refractivity contribution in [2.75, 3.05) is 5.73 Å². The fraction of sp³-hybridized carbons (Fsp3) is 0. The van der Waals surface area contributed by atoms with E-state index >= 15 is 0 Å². The van der Waals surface area contributed by atoms with E-state index in [0.29, 0.717) is 5.56 Å². The maximum absolute atomic E-state index is 13.2. The molecule has 0 amide bonds. The number of aromatic nitrogens is 1. The monoisotopic (exact) mass is 254 g/mol. The fourth-order valence-electron chi connectivity index (χ4n) is 2.13. The first-order chi connectivity index (χ1) is 9.16. The van der Waals surface area contributed by atoms with Crippen molar-refractivity contribution in [2.24, 2.45) is 0 Å². The van der Waals surface area contributed by atoms with Crippen LogP contribution in [-0.4, -0.2) is 10.8 Å². The van der Waals surface area contributed by atoms with Crippen molar-refractivity contribution in [3.05, 3.63) is 65.6 Å². The highest BCUT2D eigenvalue weighted by atomic mass is 19.1. The van der Waals surface area contributed by atoms with Crippen LogP contribution < -0.4 is 5.73 Å². The van der Waals surface area contributed by atoms with Crippen LogP contribution in [0, 0.1) is 5.82 Å². The van der Waals surface area contributed by atoms with Crippen LogP contribution >= 0.6 is 0 Å². The number of H-pyrrole nitrogens is 1. The molecular formula is C15H11FN2O. The number of para-hydroxylation sites is 1. The van der Waals surface area contributed by atoms with Crippen molar-refractivity contribution < 1.29 is 9.18 Å². The first-order valence-electron chi connectivity index (χ1n) is 5.82. The molecule has 0 saturated heterocycles. The number of ketones is 1. The van der Waals surface area contributed by atoms with Crippen LogP contribution in [0.2, 0.25) is 0 Å². The first kappa shape index (κ1) is 11.5.